The summed E-state index contributed by atoms with van der Waals surface area (Å²) in [7, 11) is 0. The SMILES string of the molecule is CC1(C)C(=O)C(C#N)C[C@]2(C)[C@H]3C(=O)C=C4[C@H]5C[C@@H](C(=O)O)CC[C@]5(C)CC[C@@]4(C)[C@]3(C)CC[C@@H]12. The highest BCUT2D eigenvalue weighted by molar-refractivity contribution is 5.97. The van der Waals surface area contributed by atoms with Crippen LogP contribution >= 0.6 is 0 Å². The molecule has 5 heteroatoms. The molecule has 5 aliphatic rings. The Morgan fingerprint density at radius 3 is 2.34 bits per heavy atom. The van der Waals surface area contributed by atoms with Crippen molar-refractivity contribution < 1.29 is 19.5 Å². The van der Waals surface area contributed by atoms with Gasteiger partial charge in [-0.1, -0.05) is 47.1 Å². The molecule has 35 heavy (non-hydrogen) atoms. The number of fused-ring (bicyclic) bond motifs is 7. The van der Waals surface area contributed by atoms with Crippen LogP contribution in [0.25, 0.3) is 0 Å². The number of carbonyl (C=O) groups excluding carboxylic acids is 2. The first-order chi connectivity index (χ1) is 16.2. The number of carboxylic acid groups (broad SMARTS) is 1. The summed E-state index contributed by atoms with van der Waals surface area (Å²) in [6, 6.07) is 2.28. The van der Waals surface area contributed by atoms with Crippen molar-refractivity contribution in [3.8, 4) is 6.07 Å². The topological polar surface area (TPSA) is 95.2 Å². The second kappa shape index (κ2) is 7.30. The number of aliphatic carboxylic acids is 1. The summed E-state index contributed by atoms with van der Waals surface area (Å²) < 4.78 is 0. The molecular weight excluding hydrogens is 438 g/mol. The largest absolute Gasteiger partial charge is 0.481 e. The van der Waals surface area contributed by atoms with E-state index in [1.807, 2.05) is 19.9 Å². The Balaban J connectivity index is 1.64. The lowest BCUT2D eigenvalue weighted by molar-refractivity contribution is -0.190. The molecule has 0 aliphatic heterocycles. The number of nitrogens with zero attached hydrogens (tertiary/aromatic N) is 1. The third kappa shape index (κ3) is 2.95. The lowest BCUT2D eigenvalue weighted by Crippen LogP contribution is -2.67. The molecule has 9 atom stereocenters. The fourth-order valence-corrected chi connectivity index (χ4v) is 10.4. The molecule has 4 saturated carbocycles. The zero-order valence-electron chi connectivity index (χ0n) is 22.2. The van der Waals surface area contributed by atoms with Gasteiger partial charge in [0.1, 0.15) is 5.92 Å². The van der Waals surface area contributed by atoms with Gasteiger partial charge in [-0.2, -0.15) is 5.26 Å². The van der Waals surface area contributed by atoms with Gasteiger partial charge in [-0.3, -0.25) is 14.4 Å². The number of rotatable bonds is 1. The van der Waals surface area contributed by atoms with Crippen molar-refractivity contribution in [2.75, 3.05) is 0 Å². The Bertz CT molecular complexity index is 1080. The van der Waals surface area contributed by atoms with E-state index in [4.69, 9.17) is 0 Å². The average Bonchev–Trinajstić information content (AvgIpc) is 2.77. The molecule has 1 unspecified atom stereocenters. The smallest absolute Gasteiger partial charge is 0.306 e. The van der Waals surface area contributed by atoms with E-state index in [2.05, 4.69) is 33.8 Å². The van der Waals surface area contributed by atoms with Crippen molar-refractivity contribution in [2.45, 2.75) is 92.9 Å². The zero-order chi connectivity index (χ0) is 25.8. The molecule has 0 radical (unpaired) electrons. The van der Waals surface area contributed by atoms with Gasteiger partial charge in [0.25, 0.3) is 0 Å². The van der Waals surface area contributed by atoms with Crippen LogP contribution in [0, 0.1) is 68.0 Å². The molecule has 5 rings (SSSR count). The molecule has 0 heterocycles. The van der Waals surface area contributed by atoms with Gasteiger partial charge in [-0.25, -0.2) is 0 Å². The van der Waals surface area contributed by atoms with E-state index >= 15 is 0 Å². The Labute approximate surface area is 209 Å². The van der Waals surface area contributed by atoms with Crippen LogP contribution in [-0.2, 0) is 14.4 Å². The van der Waals surface area contributed by atoms with Crippen LogP contribution in [0.15, 0.2) is 11.6 Å². The van der Waals surface area contributed by atoms with E-state index < -0.39 is 22.7 Å². The molecule has 0 amide bonds. The summed E-state index contributed by atoms with van der Waals surface area (Å²) in [5.41, 5.74) is -0.239. The van der Waals surface area contributed by atoms with Crippen molar-refractivity contribution in [3.63, 3.8) is 0 Å². The van der Waals surface area contributed by atoms with Gasteiger partial charge in [-0.05, 0) is 90.9 Å². The van der Waals surface area contributed by atoms with Crippen LogP contribution in [0.2, 0.25) is 0 Å². The summed E-state index contributed by atoms with van der Waals surface area (Å²) in [4.78, 5) is 39.3. The standard InChI is InChI=1S/C30H41NO4/c1-26(2)22-8-10-30(6)23(28(22,4)15-18(16-31)24(26)33)21(32)14-20-19-13-17(25(34)35)7-9-27(19,3)11-12-29(20,30)5/h14,17-19,22-23H,7-13,15H2,1-6H3,(H,34,35)/t17-,18?,19+,22-,23+,27+,28-,29+,30+/m0/s1. The zero-order valence-corrected chi connectivity index (χ0v) is 22.2. The maximum atomic E-state index is 14.2. The van der Waals surface area contributed by atoms with Crippen molar-refractivity contribution >= 4 is 17.5 Å². The van der Waals surface area contributed by atoms with E-state index in [9.17, 15) is 24.8 Å². The second-order valence-corrected chi connectivity index (χ2v) is 14.3. The van der Waals surface area contributed by atoms with Crippen molar-refractivity contribution in [2.24, 2.45) is 56.7 Å². The highest BCUT2D eigenvalue weighted by atomic mass is 16.4. The van der Waals surface area contributed by atoms with Gasteiger partial charge in [0.2, 0.25) is 0 Å². The van der Waals surface area contributed by atoms with E-state index in [1.165, 1.54) is 5.57 Å². The highest BCUT2D eigenvalue weighted by Gasteiger charge is 2.71. The lowest BCUT2D eigenvalue weighted by Gasteiger charge is -2.69. The molecule has 4 fully saturated rings. The number of nitriles is 1. The predicted molar refractivity (Wildman–Crippen MR) is 132 cm³/mol. The van der Waals surface area contributed by atoms with Gasteiger partial charge in [0.05, 0.1) is 12.0 Å². The summed E-state index contributed by atoms with van der Waals surface area (Å²) in [5.74, 6) is -1.56. The average molecular weight is 480 g/mol. The minimum atomic E-state index is -0.712. The van der Waals surface area contributed by atoms with Crippen molar-refractivity contribution in [3.05, 3.63) is 11.6 Å². The predicted octanol–water partition coefficient (Wildman–Crippen LogP) is 5.98. The Morgan fingerprint density at radius 1 is 1.03 bits per heavy atom. The van der Waals surface area contributed by atoms with Gasteiger partial charge in [-0.15, -0.1) is 0 Å². The van der Waals surface area contributed by atoms with Crippen LogP contribution in [0.5, 0.6) is 0 Å². The lowest BCUT2D eigenvalue weighted by atomic mass is 9.33. The summed E-state index contributed by atoms with van der Waals surface area (Å²) in [6.45, 7) is 13.1. The fourth-order valence-electron chi connectivity index (χ4n) is 10.4. The number of hydrogen-bond acceptors (Lipinski definition) is 4. The van der Waals surface area contributed by atoms with Crippen LogP contribution in [0.4, 0.5) is 0 Å². The first-order valence-corrected chi connectivity index (χ1v) is 13.6. The maximum absolute atomic E-state index is 14.2. The minimum Gasteiger partial charge on any atom is -0.481 e. The number of ketones is 2. The fraction of sp³-hybridized carbons (Fsp3) is 0.800. The number of carbonyl (C=O) groups is 3. The van der Waals surface area contributed by atoms with E-state index in [0.29, 0.717) is 12.8 Å². The van der Waals surface area contributed by atoms with Crippen LogP contribution in [-0.4, -0.2) is 22.6 Å². The van der Waals surface area contributed by atoms with Gasteiger partial charge in [0, 0.05) is 11.3 Å². The molecule has 190 valence electrons. The van der Waals surface area contributed by atoms with Gasteiger partial charge >= 0.3 is 5.97 Å². The maximum Gasteiger partial charge on any atom is 0.306 e. The van der Waals surface area contributed by atoms with E-state index in [1.54, 1.807) is 0 Å². The van der Waals surface area contributed by atoms with Crippen LogP contribution in [0.3, 0.4) is 0 Å². The molecule has 5 nitrogen and oxygen atoms in total. The number of hydrogen-bond donors (Lipinski definition) is 1. The normalized spacial score (nSPS) is 50.5. The molecular formula is C30H41NO4. The Morgan fingerprint density at radius 2 is 1.71 bits per heavy atom. The second-order valence-electron chi connectivity index (χ2n) is 14.3. The third-order valence-electron chi connectivity index (χ3n) is 12.5. The number of carboxylic acids is 1. The van der Waals surface area contributed by atoms with Crippen molar-refractivity contribution in [1.82, 2.24) is 0 Å². The Hall–Kier alpha value is -1.96. The molecule has 0 aromatic carbocycles. The third-order valence-corrected chi connectivity index (χ3v) is 12.5. The van der Waals surface area contributed by atoms with Crippen LogP contribution < -0.4 is 0 Å². The number of allylic oxidation sites excluding steroid dienone is 2. The van der Waals surface area contributed by atoms with E-state index in [0.717, 1.165) is 38.5 Å². The first kappa shape index (κ1) is 24.7. The monoisotopic (exact) mass is 479 g/mol. The molecule has 0 spiro atoms. The van der Waals surface area contributed by atoms with Crippen LogP contribution in [0.1, 0.15) is 92.9 Å². The summed E-state index contributed by atoms with van der Waals surface area (Å²) in [5, 5.41) is 19.7. The Kier molecular flexibility index (Phi) is 5.15. The quantitative estimate of drug-likeness (QED) is 0.499. The highest BCUT2D eigenvalue weighted by Crippen LogP contribution is 2.74. The summed E-state index contributed by atoms with van der Waals surface area (Å²) >= 11 is 0. The van der Waals surface area contributed by atoms with Gasteiger partial charge in [0.15, 0.2) is 11.6 Å². The molecule has 0 aromatic rings. The molecule has 0 saturated heterocycles. The molecule has 0 bridgehead atoms. The van der Waals surface area contributed by atoms with E-state index in [-0.39, 0.29) is 51.5 Å². The minimum absolute atomic E-state index is 0.0344. The summed E-state index contributed by atoms with van der Waals surface area (Å²) in [6.07, 6.45) is 8.47. The molecule has 5 aliphatic carbocycles. The first-order valence-electron chi connectivity index (χ1n) is 13.6. The molecule has 0 aromatic heterocycles. The molecule has 1 N–H and O–H groups in total. The number of Topliss-reactive ketones (excluding diaryl/α,β-unsaturated/α-hetero) is 1. The van der Waals surface area contributed by atoms with Gasteiger partial charge < -0.3 is 5.11 Å². The van der Waals surface area contributed by atoms with Crippen molar-refractivity contribution in [1.29, 1.82) is 5.26 Å².